The summed E-state index contributed by atoms with van der Waals surface area (Å²) in [5, 5.41) is 3.66. The summed E-state index contributed by atoms with van der Waals surface area (Å²) >= 11 is 0. The Kier molecular flexibility index (Phi) is 4.53. The number of hydrogen-bond acceptors (Lipinski definition) is 4. The van der Waals surface area contributed by atoms with Crippen LogP contribution in [0.5, 0.6) is 0 Å². The maximum atomic E-state index is 11.6. The summed E-state index contributed by atoms with van der Waals surface area (Å²) < 4.78 is 23.3. The van der Waals surface area contributed by atoms with Crippen LogP contribution in [0.2, 0.25) is 0 Å². The number of nitrogens with one attached hydrogen (secondary N) is 1. The van der Waals surface area contributed by atoms with Crippen molar-refractivity contribution in [2.75, 3.05) is 31.1 Å². The lowest BCUT2D eigenvalue weighted by Crippen LogP contribution is -2.68. The van der Waals surface area contributed by atoms with Gasteiger partial charge in [-0.2, -0.15) is 0 Å². The van der Waals surface area contributed by atoms with Crippen LogP contribution in [0.3, 0.4) is 0 Å². The van der Waals surface area contributed by atoms with E-state index in [1.807, 2.05) is 0 Å². The van der Waals surface area contributed by atoms with Gasteiger partial charge in [0, 0.05) is 29.9 Å². The minimum Gasteiger partial charge on any atom is -0.309 e. The van der Waals surface area contributed by atoms with E-state index >= 15 is 0 Å². The molecule has 0 aromatic heterocycles. The first-order valence-corrected chi connectivity index (χ1v) is 9.71. The molecule has 0 aromatic rings. The van der Waals surface area contributed by atoms with Crippen LogP contribution < -0.4 is 5.32 Å². The highest BCUT2D eigenvalue weighted by Gasteiger charge is 2.49. The molecule has 0 spiro atoms. The lowest BCUT2D eigenvalue weighted by Gasteiger charge is -2.52. The van der Waals surface area contributed by atoms with Gasteiger partial charge in [-0.3, -0.25) is 4.90 Å². The molecule has 0 bridgehead atoms. The number of hydrogen-bond donors (Lipinski definition) is 1. The molecule has 2 rings (SSSR count). The van der Waals surface area contributed by atoms with Crippen molar-refractivity contribution in [1.29, 1.82) is 0 Å². The van der Waals surface area contributed by atoms with Crippen molar-refractivity contribution in [1.82, 2.24) is 10.2 Å². The van der Waals surface area contributed by atoms with Crippen LogP contribution in [0, 0.1) is 5.92 Å². The fourth-order valence-corrected chi connectivity index (χ4v) is 4.16. The molecule has 1 atom stereocenters. The Morgan fingerprint density at radius 2 is 1.90 bits per heavy atom. The molecule has 2 aliphatic rings. The Hall–Kier alpha value is -0.130. The van der Waals surface area contributed by atoms with E-state index in [1.54, 1.807) is 6.92 Å². The van der Waals surface area contributed by atoms with Gasteiger partial charge in [0.25, 0.3) is 0 Å². The van der Waals surface area contributed by atoms with Crippen LogP contribution in [0.1, 0.15) is 47.0 Å². The summed E-state index contributed by atoms with van der Waals surface area (Å²) in [4.78, 5) is 2.55. The molecule has 0 radical (unpaired) electrons. The second-order valence-electron chi connectivity index (χ2n) is 7.38. The number of piperazine rings is 1. The van der Waals surface area contributed by atoms with E-state index in [0.29, 0.717) is 5.75 Å². The van der Waals surface area contributed by atoms with E-state index in [4.69, 9.17) is 0 Å². The lowest BCUT2D eigenvalue weighted by molar-refractivity contribution is 0.0122. The van der Waals surface area contributed by atoms with Crippen molar-refractivity contribution >= 4 is 9.84 Å². The van der Waals surface area contributed by atoms with Crippen molar-refractivity contribution in [3.05, 3.63) is 0 Å². The number of sulfone groups is 1. The molecule has 1 heterocycles. The summed E-state index contributed by atoms with van der Waals surface area (Å²) in [5.74, 6) is 1.38. The minimum absolute atomic E-state index is 0.123. The third-order valence-electron chi connectivity index (χ3n) is 5.01. The SMILES string of the molecule is CCS(=O)(=O)CCCN1CC(C)(C)NCC1(C)C1CC1. The molecule has 1 N–H and O–H groups in total. The zero-order valence-electron chi connectivity index (χ0n) is 13.4. The van der Waals surface area contributed by atoms with Crippen molar-refractivity contribution in [3.63, 3.8) is 0 Å². The van der Waals surface area contributed by atoms with E-state index in [2.05, 4.69) is 31.0 Å². The highest BCUT2D eigenvalue weighted by atomic mass is 32.2. The zero-order chi connectivity index (χ0) is 15.0. The molecule has 20 heavy (non-hydrogen) atoms. The molecule has 1 saturated heterocycles. The highest BCUT2D eigenvalue weighted by molar-refractivity contribution is 7.91. The summed E-state index contributed by atoms with van der Waals surface area (Å²) in [5.41, 5.74) is 0.337. The van der Waals surface area contributed by atoms with E-state index in [9.17, 15) is 8.42 Å². The van der Waals surface area contributed by atoms with E-state index < -0.39 is 9.84 Å². The zero-order valence-corrected chi connectivity index (χ0v) is 14.2. The van der Waals surface area contributed by atoms with E-state index in [-0.39, 0.29) is 16.8 Å². The van der Waals surface area contributed by atoms with Gasteiger partial charge in [0.2, 0.25) is 0 Å². The molecule has 1 aliphatic carbocycles. The fraction of sp³-hybridized carbons (Fsp3) is 1.00. The second kappa shape index (κ2) is 5.58. The van der Waals surface area contributed by atoms with Crippen molar-refractivity contribution in [3.8, 4) is 0 Å². The maximum absolute atomic E-state index is 11.6. The topological polar surface area (TPSA) is 49.4 Å². The molecule has 2 fully saturated rings. The monoisotopic (exact) mass is 302 g/mol. The second-order valence-corrected chi connectivity index (χ2v) is 9.85. The summed E-state index contributed by atoms with van der Waals surface area (Å²) in [6.07, 6.45) is 3.40. The number of rotatable bonds is 6. The highest BCUT2D eigenvalue weighted by Crippen LogP contribution is 2.44. The van der Waals surface area contributed by atoms with Gasteiger partial charge in [-0.25, -0.2) is 8.42 Å². The first kappa shape index (κ1) is 16.2. The van der Waals surface area contributed by atoms with E-state index in [0.717, 1.165) is 32.0 Å². The third-order valence-corrected chi connectivity index (χ3v) is 6.80. The molecule has 0 amide bonds. The van der Waals surface area contributed by atoms with Crippen LogP contribution in [0.15, 0.2) is 0 Å². The Balaban J connectivity index is 1.97. The first-order valence-electron chi connectivity index (χ1n) is 7.89. The fourth-order valence-electron chi connectivity index (χ4n) is 3.31. The van der Waals surface area contributed by atoms with Gasteiger partial charge < -0.3 is 5.32 Å². The first-order chi connectivity index (χ1) is 9.19. The van der Waals surface area contributed by atoms with Crippen LogP contribution in [-0.2, 0) is 9.84 Å². The smallest absolute Gasteiger partial charge is 0.150 e. The summed E-state index contributed by atoms with van der Waals surface area (Å²) in [6.45, 7) is 11.5. The van der Waals surface area contributed by atoms with Gasteiger partial charge in [0.05, 0.1) is 5.75 Å². The van der Waals surface area contributed by atoms with Crippen LogP contribution >= 0.6 is 0 Å². The maximum Gasteiger partial charge on any atom is 0.150 e. The Morgan fingerprint density at radius 1 is 1.25 bits per heavy atom. The van der Waals surface area contributed by atoms with Crippen molar-refractivity contribution < 1.29 is 8.42 Å². The molecule has 1 unspecified atom stereocenters. The van der Waals surface area contributed by atoms with Gasteiger partial charge in [-0.1, -0.05) is 6.92 Å². The lowest BCUT2D eigenvalue weighted by atomic mass is 9.86. The molecule has 0 aromatic carbocycles. The third kappa shape index (κ3) is 3.74. The van der Waals surface area contributed by atoms with Gasteiger partial charge in [0.1, 0.15) is 9.84 Å². The van der Waals surface area contributed by atoms with Crippen LogP contribution in [-0.4, -0.2) is 55.5 Å². The standard InChI is InChI=1S/C15H30N2O2S/c1-5-20(18,19)10-6-9-17-12-14(2,3)16-11-15(17,4)13-7-8-13/h13,16H,5-12H2,1-4H3. The Bertz CT molecular complexity index is 443. The molecular weight excluding hydrogens is 272 g/mol. The summed E-state index contributed by atoms with van der Waals surface area (Å²) in [6, 6.07) is 0. The minimum atomic E-state index is -2.83. The summed E-state index contributed by atoms with van der Waals surface area (Å²) in [7, 11) is -2.83. The van der Waals surface area contributed by atoms with Crippen LogP contribution in [0.4, 0.5) is 0 Å². The molecule has 118 valence electrons. The quantitative estimate of drug-likeness (QED) is 0.811. The largest absolute Gasteiger partial charge is 0.309 e. The predicted molar refractivity (Wildman–Crippen MR) is 83.7 cm³/mol. The number of nitrogens with zero attached hydrogens (tertiary/aromatic N) is 1. The average molecular weight is 302 g/mol. The molecule has 1 saturated carbocycles. The van der Waals surface area contributed by atoms with E-state index in [1.165, 1.54) is 12.8 Å². The average Bonchev–Trinajstić information content (AvgIpc) is 3.18. The van der Waals surface area contributed by atoms with Gasteiger partial charge >= 0.3 is 0 Å². The Morgan fingerprint density at radius 3 is 2.45 bits per heavy atom. The predicted octanol–water partition coefficient (Wildman–Crippen LogP) is 1.66. The molecular formula is C15H30N2O2S. The van der Waals surface area contributed by atoms with Gasteiger partial charge in [0.15, 0.2) is 0 Å². The molecule has 1 aliphatic heterocycles. The van der Waals surface area contributed by atoms with Crippen LogP contribution in [0.25, 0.3) is 0 Å². The van der Waals surface area contributed by atoms with Gasteiger partial charge in [-0.05, 0) is 52.5 Å². The van der Waals surface area contributed by atoms with Gasteiger partial charge in [-0.15, -0.1) is 0 Å². The van der Waals surface area contributed by atoms with Crippen molar-refractivity contribution in [2.24, 2.45) is 5.92 Å². The normalized spacial score (nSPS) is 31.4. The Labute approximate surface area is 124 Å². The van der Waals surface area contributed by atoms with Crippen molar-refractivity contribution in [2.45, 2.75) is 58.0 Å². The molecule has 5 heteroatoms. The molecule has 4 nitrogen and oxygen atoms in total.